The lowest BCUT2D eigenvalue weighted by atomic mass is 9.84. The Hall–Kier alpha value is -2.82. The third kappa shape index (κ3) is 3.18. The van der Waals surface area contributed by atoms with E-state index in [1.165, 1.54) is 19.1 Å². The smallest absolute Gasteiger partial charge is 0.234 e. The Bertz CT molecular complexity index is 745. The number of Topliss-reactive ketones (excluding diaryl/α,β-unsaturated/α-hetero) is 2. The first-order chi connectivity index (χ1) is 10.9. The van der Waals surface area contributed by atoms with Crippen LogP contribution in [0.15, 0.2) is 36.9 Å². The summed E-state index contributed by atoms with van der Waals surface area (Å²) in [6.07, 6.45) is 1.91. The quantitative estimate of drug-likeness (QED) is 0.514. The molecule has 1 aromatic carbocycles. The molecule has 0 radical (unpaired) electrons. The van der Waals surface area contributed by atoms with E-state index >= 15 is 0 Å². The zero-order valence-corrected chi connectivity index (χ0v) is 12.8. The lowest BCUT2D eigenvalue weighted by molar-refractivity contribution is -0.135. The van der Waals surface area contributed by atoms with E-state index < -0.39 is 17.6 Å². The molecule has 0 saturated carbocycles. The Morgan fingerprint density at radius 3 is 2.57 bits per heavy atom. The van der Waals surface area contributed by atoms with Crippen molar-refractivity contribution in [3.63, 3.8) is 0 Å². The van der Waals surface area contributed by atoms with E-state index in [0.29, 0.717) is 5.56 Å². The van der Waals surface area contributed by atoms with E-state index in [9.17, 15) is 19.2 Å². The number of amides is 2. The molecule has 118 valence electrons. The van der Waals surface area contributed by atoms with E-state index in [4.69, 9.17) is 0 Å². The Kier molecular flexibility index (Phi) is 4.69. The molecule has 1 fully saturated rings. The summed E-state index contributed by atoms with van der Waals surface area (Å²) < 4.78 is 0. The first kappa shape index (κ1) is 16.5. The van der Waals surface area contributed by atoms with Crippen molar-refractivity contribution in [3.8, 4) is 0 Å². The van der Waals surface area contributed by atoms with Crippen molar-refractivity contribution in [1.82, 2.24) is 5.32 Å². The largest absolute Gasteiger partial charge is 0.296 e. The first-order valence-electron chi connectivity index (χ1n) is 7.20. The van der Waals surface area contributed by atoms with Crippen LogP contribution in [0.2, 0.25) is 0 Å². The Balaban J connectivity index is 2.39. The van der Waals surface area contributed by atoms with Crippen molar-refractivity contribution in [2.75, 3.05) is 0 Å². The van der Waals surface area contributed by atoms with Crippen molar-refractivity contribution in [2.24, 2.45) is 5.92 Å². The molecule has 1 N–H and O–H groups in total. The van der Waals surface area contributed by atoms with Gasteiger partial charge < -0.3 is 0 Å². The second-order valence-corrected chi connectivity index (χ2v) is 5.39. The Morgan fingerprint density at radius 2 is 2.00 bits per heavy atom. The molecule has 5 heteroatoms. The minimum absolute atomic E-state index is 0.0821. The highest BCUT2D eigenvalue weighted by Crippen LogP contribution is 2.26. The van der Waals surface area contributed by atoms with Crippen LogP contribution in [0.5, 0.6) is 0 Å². The highest BCUT2D eigenvalue weighted by molar-refractivity contribution is 6.18. The third-order valence-electron chi connectivity index (χ3n) is 3.86. The normalized spacial score (nSPS) is 17.3. The van der Waals surface area contributed by atoms with Gasteiger partial charge in [0.15, 0.2) is 11.6 Å². The van der Waals surface area contributed by atoms with Crippen LogP contribution in [-0.2, 0) is 9.59 Å². The highest BCUT2D eigenvalue weighted by atomic mass is 16.2. The molecule has 0 spiro atoms. The average Bonchev–Trinajstić information content (AvgIpc) is 2.52. The van der Waals surface area contributed by atoms with Gasteiger partial charge in [0.1, 0.15) is 0 Å². The number of carbonyl (C=O) groups excluding carboxylic acids is 4. The van der Waals surface area contributed by atoms with Crippen LogP contribution in [0, 0.1) is 5.92 Å². The fraction of sp³-hybridized carbons (Fsp3) is 0.222. The Labute approximate surface area is 134 Å². The van der Waals surface area contributed by atoms with Gasteiger partial charge in [-0.1, -0.05) is 37.4 Å². The summed E-state index contributed by atoms with van der Waals surface area (Å²) >= 11 is 0. The number of ketones is 2. The predicted octanol–water partition coefficient (Wildman–Crippen LogP) is 2.32. The molecule has 1 aliphatic rings. The molecule has 1 aliphatic heterocycles. The van der Waals surface area contributed by atoms with Gasteiger partial charge >= 0.3 is 0 Å². The minimum Gasteiger partial charge on any atom is -0.296 e. The van der Waals surface area contributed by atoms with E-state index in [2.05, 4.69) is 18.5 Å². The van der Waals surface area contributed by atoms with Crippen LogP contribution in [-0.4, -0.2) is 23.4 Å². The summed E-state index contributed by atoms with van der Waals surface area (Å²) in [6, 6.07) is 4.87. The van der Waals surface area contributed by atoms with E-state index in [0.717, 1.165) is 0 Å². The number of rotatable bonds is 5. The molecule has 0 bridgehead atoms. The molecule has 5 nitrogen and oxygen atoms in total. The summed E-state index contributed by atoms with van der Waals surface area (Å²) in [5, 5.41) is 2.20. The SMILES string of the molecule is C=Cc1cccc(C(=O)C(=C)C2CCC(=O)NC2=O)c1C(C)=O. The van der Waals surface area contributed by atoms with Crippen LogP contribution in [0.3, 0.4) is 0 Å². The van der Waals surface area contributed by atoms with Gasteiger partial charge in [-0.25, -0.2) is 0 Å². The summed E-state index contributed by atoms with van der Waals surface area (Å²) in [6.45, 7) is 8.74. The lowest BCUT2D eigenvalue weighted by Gasteiger charge is -2.22. The number of imide groups is 1. The van der Waals surface area contributed by atoms with Crippen LogP contribution in [0.25, 0.3) is 6.08 Å². The van der Waals surface area contributed by atoms with Crippen LogP contribution in [0.4, 0.5) is 0 Å². The van der Waals surface area contributed by atoms with Crippen molar-refractivity contribution in [2.45, 2.75) is 19.8 Å². The fourth-order valence-electron chi connectivity index (χ4n) is 2.68. The maximum absolute atomic E-state index is 12.7. The maximum Gasteiger partial charge on any atom is 0.234 e. The van der Waals surface area contributed by atoms with Crippen LogP contribution < -0.4 is 5.32 Å². The monoisotopic (exact) mass is 311 g/mol. The topological polar surface area (TPSA) is 80.3 Å². The Morgan fingerprint density at radius 1 is 1.30 bits per heavy atom. The predicted molar refractivity (Wildman–Crippen MR) is 85.9 cm³/mol. The molecule has 1 aromatic rings. The zero-order chi connectivity index (χ0) is 17.1. The zero-order valence-electron chi connectivity index (χ0n) is 12.8. The summed E-state index contributed by atoms with van der Waals surface area (Å²) in [7, 11) is 0. The van der Waals surface area contributed by atoms with E-state index in [1.54, 1.807) is 12.1 Å². The molecule has 1 unspecified atom stereocenters. The van der Waals surface area contributed by atoms with Gasteiger partial charge in [-0.3, -0.25) is 24.5 Å². The lowest BCUT2D eigenvalue weighted by Crippen LogP contribution is -2.42. The second-order valence-electron chi connectivity index (χ2n) is 5.39. The molecule has 1 atom stereocenters. The molecule has 0 aromatic heterocycles. The van der Waals surface area contributed by atoms with Crippen molar-refractivity contribution < 1.29 is 19.2 Å². The standard InChI is InChI=1S/C18H17NO4/c1-4-12-6-5-7-14(16(12)11(3)20)17(22)10(2)13-8-9-15(21)19-18(13)23/h4-7,13H,1-2,8-9H2,3H3,(H,19,21,23). The fourth-order valence-corrected chi connectivity index (χ4v) is 2.68. The third-order valence-corrected chi connectivity index (χ3v) is 3.86. The van der Waals surface area contributed by atoms with Gasteiger partial charge in [0.05, 0.1) is 5.92 Å². The number of hydrogen-bond donors (Lipinski definition) is 1. The highest BCUT2D eigenvalue weighted by Gasteiger charge is 2.33. The number of piperidine rings is 1. The molecule has 23 heavy (non-hydrogen) atoms. The van der Waals surface area contributed by atoms with E-state index in [1.807, 2.05) is 0 Å². The van der Waals surface area contributed by atoms with E-state index in [-0.39, 0.29) is 41.2 Å². The average molecular weight is 311 g/mol. The van der Waals surface area contributed by atoms with Crippen LogP contribution >= 0.6 is 0 Å². The number of benzene rings is 1. The summed E-state index contributed by atoms with van der Waals surface area (Å²) in [5.74, 6) is -2.37. The maximum atomic E-state index is 12.7. The summed E-state index contributed by atoms with van der Waals surface area (Å²) in [4.78, 5) is 47.7. The van der Waals surface area contributed by atoms with Gasteiger partial charge in [-0.15, -0.1) is 0 Å². The van der Waals surface area contributed by atoms with Gasteiger partial charge in [0, 0.05) is 23.1 Å². The van der Waals surface area contributed by atoms with Crippen molar-refractivity contribution >= 4 is 29.5 Å². The van der Waals surface area contributed by atoms with Gasteiger partial charge in [0.25, 0.3) is 0 Å². The molecule has 1 heterocycles. The number of nitrogens with one attached hydrogen (secondary N) is 1. The van der Waals surface area contributed by atoms with Crippen molar-refractivity contribution in [1.29, 1.82) is 0 Å². The molecule has 2 amide bonds. The molecule has 2 rings (SSSR count). The molecular weight excluding hydrogens is 294 g/mol. The minimum atomic E-state index is -0.757. The van der Waals surface area contributed by atoms with Gasteiger partial charge in [0.2, 0.25) is 11.8 Å². The second kappa shape index (κ2) is 6.52. The molecule has 1 saturated heterocycles. The first-order valence-corrected chi connectivity index (χ1v) is 7.20. The number of hydrogen-bond acceptors (Lipinski definition) is 4. The van der Waals surface area contributed by atoms with Crippen molar-refractivity contribution in [3.05, 3.63) is 53.6 Å². The number of carbonyl (C=O) groups is 4. The molecular formula is C18H17NO4. The summed E-state index contributed by atoms with van der Waals surface area (Å²) in [5.41, 5.74) is 1.10. The van der Waals surface area contributed by atoms with Gasteiger partial charge in [-0.2, -0.15) is 0 Å². The van der Waals surface area contributed by atoms with Gasteiger partial charge in [-0.05, 0) is 18.9 Å². The molecule has 0 aliphatic carbocycles. The van der Waals surface area contributed by atoms with Crippen LogP contribution in [0.1, 0.15) is 46.0 Å².